The van der Waals surface area contributed by atoms with Crippen molar-refractivity contribution in [2.45, 2.75) is 13.3 Å². The molecule has 0 saturated heterocycles. The zero-order valence-corrected chi connectivity index (χ0v) is 9.89. The maximum Gasteiger partial charge on any atom is 0.407 e. The van der Waals surface area contributed by atoms with E-state index in [0.717, 1.165) is 6.42 Å². The van der Waals surface area contributed by atoms with Crippen molar-refractivity contribution in [2.75, 3.05) is 13.2 Å². The smallest absolute Gasteiger partial charge is 0.407 e. The van der Waals surface area contributed by atoms with Gasteiger partial charge in [-0.2, -0.15) is 0 Å². The van der Waals surface area contributed by atoms with Crippen LogP contribution >= 0.6 is 0 Å². The van der Waals surface area contributed by atoms with E-state index in [2.05, 4.69) is 5.32 Å². The molecule has 1 unspecified atom stereocenters. The Balaban J connectivity index is 2.23. The second-order valence-electron chi connectivity index (χ2n) is 3.94. The third kappa shape index (κ3) is 5.70. The average Bonchev–Trinajstić information content (AvgIpc) is 2.35. The number of benzene rings is 1. The van der Waals surface area contributed by atoms with Gasteiger partial charge in [0.25, 0.3) is 0 Å². The minimum atomic E-state index is -0.544. The molecule has 0 aliphatic rings. The topological polar surface area (TPSA) is 55.4 Å². The molecule has 0 spiro atoms. The highest BCUT2D eigenvalue weighted by atomic mass is 16.5. The van der Waals surface area contributed by atoms with Crippen LogP contribution in [-0.4, -0.2) is 25.5 Å². The van der Waals surface area contributed by atoms with Crippen LogP contribution in [0.15, 0.2) is 30.3 Å². The Morgan fingerprint density at radius 3 is 2.76 bits per heavy atom. The zero-order valence-electron chi connectivity index (χ0n) is 9.89. The van der Waals surface area contributed by atoms with E-state index in [1.807, 2.05) is 37.3 Å². The second-order valence-corrected chi connectivity index (χ2v) is 3.94. The van der Waals surface area contributed by atoms with E-state index in [-0.39, 0.29) is 12.5 Å². The van der Waals surface area contributed by atoms with Crippen molar-refractivity contribution in [3.8, 4) is 0 Å². The number of ether oxygens (including phenoxy) is 1. The zero-order chi connectivity index (χ0) is 12.5. The van der Waals surface area contributed by atoms with Crippen molar-refractivity contribution in [3.63, 3.8) is 0 Å². The summed E-state index contributed by atoms with van der Waals surface area (Å²) in [4.78, 5) is 21.1. The van der Waals surface area contributed by atoms with E-state index >= 15 is 0 Å². The minimum Gasteiger partial charge on any atom is -0.449 e. The molecule has 0 radical (unpaired) electrons. The number of hydrogen-bond donors (Lipinski definition) is 1. The Morgan fingerprint density at radius 2 is 2.12 bits per heavy atom. The summed E-state index contributed by atoms with van der Waals surface area (Å²) in [6, 6.07) is 10.0. The summed E-state index contributed by atoms with van der Waals surface area (Å²) >= 11 is 0. The monoisotopic (exact) mass is 235 g/mol. The van der Waals surface area contributed by atoms with Crippen LogP contribution in [0.3, 0.4) is 0 Å². The lowest BCUT2D eigenvalue weighted by Crippen LogP contribution is -2.27. The van der Waals surface area contributed by atoms with Crippen LogP contribution in [0, 0.1) is 5.92 Å². The summed E-state index contributed by atoms with van der Waals surface area (Å²) in [5.74, 6) is 0.249. The predicted molar refractivity (Wildman–Crippen MR) is 64.7 cm³/mol. The molecule has 92 valence electrons. The number of amides is 1. The van der Waals surface area contributed by atoms with Gasteiger partial charge < -0.3 is 14.8 Å². The molecule has 0 fully saturated rings. The number of nitrogens with one attached hydrogen (secondary N) is 1. The lowest BCUT2D eigenvalue weighted by molar-refractivity contribution is -0.107. The summed E-state index contributed by atoms with van der Waals surface area (Å²) in [7, 11) is 0. The van der Waals surface area contributed by atoms with Crippen LogP contribution in [0.1, 0.15) is 12.5 Å². The summed E-state index contributed by atoms with van der Waals surface area (Å²) < 4.78 is 4.97. The van der Waals surface area contributed by atoms with Crippen molar-refractivity contribution in [2.24, 2.45) is 5.92 Å². The van der Waals surface area contributed by atoms with E-state index in [1.54, 1.807) is 0 Å². The molecule has 0 heterocycles. The molecule has 1 aromatic carbocycles. The standard InChI is InChI=1S/C13H17NO3/c1-11(9-12-5-3-2-4-6-12)10-17-13(16)14-7-8-15/h2-6,8,11H,7,9-10H2,1H3,(H,14,16). The van der Waals surface area contributed by atoms with Gasteiger partial charge in [-0.25, -0.2) is 4.79 Å². The Hall–Kier alpha value is -1.84. The van der Waals surface area contributed by atoms with Crippen LogP contribution < -0.4 is 5.32 Å². The number of carbonyl (C=O) groups excluding carboxylic acids is 2. The van der Waals surface area contributed by atoms with Crippen LogP contribution in [0.4, 0.5) is 4.79 Å². The molecule has 0 saturated carbocycles. The van der Waals surface area contributed by atoms with Crippen LogP contribution in [0.2, 0.25) is 0 Å². The first-order valence-corrected chi connectivity index (χ1v) is 5.60. The molecule has 0 aromatic heterocycles. The minimum absolute atomic E-state index is 0.00804. The van der Waals surface area contributed by atoms with Gasteiger partial charge in [0.15, 0.2) is 0 Å². The molecular formula is C13H17NO3. The average molecular weight is 235 g/mol. The fourth-order valence-electron chi connectivity index (χ4n) is 1.47. The molecule has 0 aliphatic carbocycles. The Morgan fingerprint density at radius 1 is 1.41 bits per heavy atom. The predicted octanol–water partition coefficient (Wildman–Crippen LogP) is 1.79. The maximum absolute atomic E-state index is 11.1. The molecule has 1 atom stereocenters. The molecule has 0 bridgehead atoms. The van der Waals surface area contributed by atoms with Crippen LogP contribution in [0.5, 0.6) is 0 Å². The van der Waals surface area contributed by atoms with Crippen molar-refractivity contribution < 1.29 is 14.3 Å². The third-order valence-electron chi connectivity index (χ3n) is 2.26. The molecule has 1 aromatic rings. The number of carbonyl (C=O) groups is 2. The Labute approximate surface area is 101 Å². The first-order chi connectivity index (χ1) is 8.22. The Bertz CT molecular complexity index is 351. The fourth-order valence-corrected chi connectivity index (χ4v) is 1.47. The van der Waals surface area contributed by atoms with Crippen molar-refractivity contribution in [1.82, 2.24) is 5.32 Å². The van der Waals surface area contributed by atoms with E-state index in [0.29, 0.717) is 12.9 Å². The van der Waals surface area contributed by atoms with Gasteiger partial charge in [-0.05, 0) is 17.9 Å². The second kappa shape index (κ2) is 7.44. The van der Waals surface area contributed by atoms with Gasteiger partial charge in [0.05, 0.1) is 13.2 Å². The van der Waals surface area contributed by atoms with Gasteiger partial charge in [0, 0.05) is 0 Å². The summed E-state index contributed by atoms with van der Waals surface area (Å²) in [6.07, 6.45) is 0.938. The molecule has 4 heteroatoms. The quantitative estimate of drug-likeness (QED) is 0.765. The van der Waals surface area contributed by atoms with Crippen molar-refractivity contribution in [1.29, 1.82) is 0 Å². The van der Waals surface area contributed by atoms with E-state index < -0.39 is 6.09 Å². The summed E-state index contributed by atoms with van der Waals surface area (Å²) in [5.41, 5.74) is 1.22. The van der Waals surface area contributed by atoms with Crippen LogP contribution in [0.25, 0.3) is 0 Å². The molecule has 1 N–H and O–H groups in total. The molecule has 0 aliphatic heterocycles. The van der Waals surface area contributed by atoms with Gasteiger partial charge >= 0.3 is 6.09 Å². The Kier molecular flexibility index (Phi) is 5.79. The lowest BCUT2D eigenvalue weighted by atomic mass is 10.0. The normalized spacial score (nSPS) is 11.6. The highest BCUT2D eigenvalue weighted by Crippen LogP contribution is 2.08. The van der Waals surface area contributed by atoms with Gasteiger partial charge in [0.1, 0.15) is 6.29 Å². The molecule has 1 amide bonds. The molecular weight excluding hydrogens is 218 g/mol. The largest absolute Gasteiger partial charge is 0.449 e. The number of alkyl carbamates (subject to hydrolysis) is 1. The molecule has 1 rings (SSSR count). The maximum atomic E-state index is 11.1. The number of rotatable bonds is 6. The van der Waals surface area contributed by atoms with Gasteiger partial charge in [-0.3, -0.25) is 0 Å². The first-order valence-electron chi connectivity index (χ1n) is 5.60. The molecule has 4 nitrogen and oxygen atoms in total. The molecule has 17 heavy (non-hydrogen) atoms. The van der Waals surface area contributed by atoms with Crippen LogP contribution in [-0.2, 0) is 16.0 Å². The van der Waals surface area contributed by atoms with Crippen molar-refractivity contribution in [3.05, 3.63) is 35.9 Å². The number of hydrogen-bond acceptors (Lipinski definition) is 3. The van der Waals surface area contributed by atoms with E-state index in [9.17, 15) is 9.59 Å². The highest BCUT2D eigenvalue weighted by Gasteiger charge is 2.07. The van der Waals surface area contributed by atoms with Gasteiger partial charge in [0.2, 0.25) is 0 Å². The summed E-state index contributed by atoms with van der Waals surface area (Å²) in [5, 5.41) is 2.32. The number of aldehydes is 1. The van der Waals surface area contributed by atoms with Gasteiger partial charge in [-0.15, -0.1) is 0 Å². The van der Waals surface area contributed by atoms with Crippen molar-refractivity contribution >= 4 is 12.4 Å². The highest BCUT2D eigenvalue weighted by molar-refractivity contribution is 5.70. The first kappa shape index (κ1) is 13.2. The third-order valence-corrected chi connectivity index (χ3v) is 2.26. The fraction of sp³-hybridized carbons (Fsp3) is 0.385. The van der Waals surface area contributed by atoms with E-state index in [1.165, 1.54) is 5.56 Å². The van der Waals surface area contributed by atoms with E-state index in [4.69, 9.17) is 4.74 Å². The summed E-state index contributed by atoms with van der Waals surface area (Å²) in [6.45, 7) is 2.35. The SMILES string of the molecule is CC(COC(=O)NCC=O)Cc1ccccc1. The van der Waals surface area contributed by atoms with Gasteiger partial charge in [-0.1, -0.05) is 37.3 Å². The lowest BCUT2D eigenvalue weighted by Gasteiger charge is -2.12.